The van der Waals surface area contributed by atoms with Crippen molar-refractivity contribution in [1.29, 1.82) is 0 Å². The van der Waals surface area contributed by atoms with Crippen molar-refractivity contribution in [3.8, 4) is 68.6 Å². The molecule has 2 aliphatic carbocycles. The Bertz CT molecular complexity index is 3300. The van der Waals surface area contributed by atoms with E-state index >= 15 is 0 Å². The fourth-order valence-corrected chi connectivity index (χ4v) is 34.4. The van der Waals surface area contributed by atoms with E-state index in [0.29, 0.717) is 46.0 Å². The van der Waals surface area contributed by atoms with Gasteiger partial charge in [-0.1, -0.05) is 80.7 Å². The first-order valence-corrected chi connectivity index (χ1v) is 41.4. The summed E-state index contributed by atoms with van der Waals surface area (Å²) in [6.45, 7) is 20.5. The average molecular weight is 1140 g/mol. The van der Waals surface area contributed by atoms with Crippen LogP contribution in [0.1, 0.15) is 67.2 Å². The highest BCUT2D eigenvalue weighted by Gasteiger charge is 2.49. The molecule has 1 fully saturated rings. The van der Waals surface area contributed by atoms with Gasteiger partial charge in [0.1, 0.15) is 46.0 Å². The van der Waals surface area contributed by atoms with E-state index in [4.69, 9.17) is 49.0 Å². The molecule has 1 saturated carbocycles. The molecule has 78 heavy (non-hydrogen) atoms. The van der Waals surface area contributed by atoms with E-state index in [9.17, 15) is 0 Å². The lowest BCUT2D eigenvalue weighted by atomic mass is 9.68. The van der Waals surface area contributed by atoms with E-state index in [1.807, 2.05) is 111 Å². The van der Waals surface area contributed by atoms with Gasteiger partial charge in [-0.05, 0) is 209 Å². The van der Waals surface area contributed by atoms with Crippen LogP contribution in [0.15, 0.2) is 133 Å². The summed E-state index contributed by atoms with van der Waals surface area (Å²) >= 11 is 0. The Labute approximate surface area is 466 Å². The topological polar surface area (TPSA) is 102 Å². The predicted molar refractivity (Wildman–Crippen MR) is 324 cm³/mol. The summed E-state index contributed by atoms with van der Waals surface area (Å²) in [4.78, 5) is 0. The number of hydrogen-bond acceptors (Lipinski definition) is 11. The van der Waals surface area contributed by atoms with Gasteiger partial charge >= 0.3 is 42.8 Å². The molecule has 11 nitrogen and oxygen atoms in total. The first kappa shape index (κ1) is 55.4. The quantitative estimate of drug-likeness (QED) is 0.155. The Kier molecular flexibility index (Phi) is 15.6. The third-order valence-electron chi connectivity index (χ3n) is 14.4. The molecule has 0 saturated heterocycles. The van der Waals surface area contributed by atoms with Crippen LogP contribution >= 0.6 is 0 Å². The van der Waals surface area contributed by atoms with Gasteiger partial charge in [0.05, 0.1) is 14.2 Å². The Morgan fingerprint density at radius 1 is 0.410 bits per heavy atom. The zero-order chi connectivity index (χ0) is 55.1. The van der Waals surface area contributed by atoms with Crippen molar-refractivity contribution in [2.24, 2.45) is 0 Å². The van der Waals surface area contributed by atoms with Crippen LogP contribution in [0.3, 0.4) is 0 Å². The zero-order valence-electron chi connectivity index (χ0n) is 47.3. The number of rotatable bonds is 2. The van der Waals surface area contributed by atoms with Crippen molar-refractivity contribution in [2.45, 2.75) is 116 Å². The Balaban J connectivity index is 1.07. The van der Waals surface area contributed by atoms with Crippen molar-refractivity contribution < 1.29 is 49.0 Å². The normalized spacial score (nSPS) is 19.3. The van der Waals surface area contributed by atoms with Crippen molar-refractivity contribution in [1.82, 2.24) is 0 Å². The molecule has 0 amide bonds. The van der Waals surface area contributed by atoms with Gasteiger partial charge in [-0.15, -0.1) is 0 Å². The molecule has 0 aromatic heterocycles. The summed E-state index contributed by atoms with van der Waals surface area (Å²) < 4.78 is 72.6. The largest absolute Gasteiger partial charge is 0.521 e. The van der Waals surface area contributed by atoms with Gasteiger partial charge in [0.25, 0.3) is 0 Å². The molecule has 6 heterocycles. The van der Waals surface area contributed by atoms with Crippen molar-refractivity contribution in [3.05, 3.63) is 156 Å². The summed E-state index contributed by atoms with van der Waals surface area (Å²) in [5.41, 5.74) is 7.01. The lowest BCUT2D eigenvalue weighted by molar-refractivity contribution is 0.272. The molecule has 8 aliphatic rings. The molecular weight excluding hydrogens is 1060 g/mol. The molecule has 0 unspecified atom stereocenters. The summed E-state index contributed by atoms with van der Waals surface area (Å²) in [5.74, 6) is 6.85. The maximum Gasteiger partial charge on any atom is 0.383 e. The standard InChI is InChI=1S/C62H74O11Si5/c1-63-57-42-54-55(43-58(57)64-2)61-53(60-59(54)52-20-16-17-21-56(52)62(60)40-18-14-13-15-19-41-62)39-24-44-22-25-45(26-23-44)65-47-31-35-50(36-32-47)68-74(3,4)70-76(7,8)72-78(11,12)73-77(9,10)71-75(5,6)69-51-37-33-48(34-38-51)66-46-27-29-49(67-61)30-28-46/h16-17,20-39,42-43H,13-15,18-19,40-41H2,1-12H3. The van der Waals surface area contributed by atoms with E-state index in [1.165, 1.54) is 41.5 Å². The first-order valence-electron chi connectivity index (χ1n) is 27.3. The van der Waals surface area contributed by atoms with Gasteiger partial charge in [0, 0.05) is 16.4 Å². The minimum atomic E-state index is -2.77. The van der Waals surface area contributed by atoms with Crippen LogP contribution < -0.4 is 32.5 Å². The summed E-state index contributed by atoms with van der Waals surface area (Å²) in [7, 11) is -10.4. The summed E-state index contributed by atoms with van der Waals surface area (Å²) in [6.07, 6.45) is 12.5. The number of fused-ring (bicyclic) bond motifs is 9. The Morgan fingerprint density at radius 3 is 1.28 bits per heavy atom. The minimum Gasteiger partial charge on any atom is -0.521 e. The highest BCUT2D eigenvalue weighted by Crippen LogP contribution is 2.61. The predicted octanol–water partition coefficient (Wildman–Crippen LogP) is 17.8. The molecule has 6 aliphatic heterocycles. The van der Waals surface area contributed by atoms with Gasteiger partial charge in [-0.2, -0.15) is 0 Å². The van der Waals surface area contributed by atoms with Crippen molar-refractivity contribution >= 4 is 65.7 Å². The molecule has 7 aromatic rings. The molecule has 7 aromatic carbocycles. The van der Waals surface area contributed by atoms with Crippen LogP contribution in [0.2, 0.25) is 65.5 Å². The fourth-order valence-electron chi connectivity index (χ4n) is 12.1. The Morgan fingerprint density at radius 2 is 0.808 bits per heavy atom. The molecule has 0 atom stereocenters. The highest BCUT2D eigenvalue weighted by molar-refractivity contribution is 6.89. The third-order valence-corrected chi connectivity index (χ3v) is 31.6. The van der Waals surface area contributed by atoms with E-state index in [0.717, 1.165) is 59.1 Å². The van der Waals surface area contributed by atoms with E-state index in [1.54, 1.807) is 14.2 Å². The number of ether oxygens (including phenoxy) is 5. The second kappa shape index (κ2) is 22.0. The summed E-state index contributed by atoms with van der Waals surface area (Å²) in [6, 6.07) is 44.7. The highest BCUT2D eigenvalue weighted by atomic mass is 28.5. The van der Waals surface area contributed by atoms with Crippen LogP contribution in [0.4, 0.5) is 0 Å². The molecule has 15 rings (SSSR count). The Hall–Kier alpha value is -5.94. The van der Waals surface area contributed by atoms with Crippen LogP contribution in [-0.2, 0) is 21.9 Å². The van der Waals surface area contributed by atoms with E-state index in [-0.39, 0.29) is 5.41 Å². The molecule has 408 valence electrons. The molecule has 16 heteroatoms. The average Bonchev–Trinajstić information content (AvgIpc) is 3.39. The second-order valence-corrected chi connectivity index (χ2v) is 40.5. The first-order chi connectivity index (χ1) is 37.1. The zero-order valence-corrected chi connectivity index (χ0v) is 52.3. The maximum atomic E-state index is 7.30. The van der Waals surface area contributed by atoms with Gasteiger partial charge in [0.2, 0.25) is 0 Å². The van der Waals surface area contributed by atoms with Crippen LogP contribution in [-0.4, -0.2) is 57.0 Å². The van der Waals surface area contributed by atoms with Crippen LogP contribution in [0, 0.1) is 0 Å². The van der Waals surface area contributed by atoms with E-state index in [2.05, 4.69) is 100.0 Å². The lowest BCUT2D eigenvalue weighted by Crippen LogP contribution is -2.60. The third kappa shape index (κ3) is 12.4. The van der Waals surface area contributed by atoms with Crippen molar-refractivity contribution in [2.75, 3.05) is 14.2 Å². The van der Waals surface area contributed by atoms with Gasteiger partial charge in [0.15, 0.2) is 11.5 Å². The molecule has 0 radical (unpaired) electrons. The maximum absolute atomic E-state index is 7.30. The molecule has 1 spiro atoms. The SMILES string of the molecule is COc1cc2c3c(c4c(c2cc1OC)-c1ccccc1C41CCCCCCC1)C=Cc1ccc(cc1)Oc1ccc(cc1)O[Si](C)(C)O[Si](C)(C)O[Si](C)(C)O[Si](C)(C)O[Si](C)(C)Oc1ccc(cc1)Oc1ccc(cc1)O3. The lowest BCUT2D eigenvalue weighted by Gasteiger charge is -2.41. The van der Waals surface area contributed by atoms with Crippen LogP contribution in [0.25, 0.3) is 34.1 Å². The monoisotopic (exact) mass is 1130 g/mol. The smallest absolute Gasteiger partial charge is 0.383 e. The fraction of sp³-hybridized carbons (Fsp3) is 0.323. The van der Waals surface area contributed by atoms with Gasteiger partial charge in [-0.3, -0.25) is 0 Å². The van der Waals surface area contributed by atoms with E-state index < -0.39 is 42.8 Å². The second-order valence-electron chi connectivity index (χ2n) is 22.9. The van der Waals surface area contributed by atoms with Gasteiger partial charge < -0.3 is 49.0 Å². The minimum absolute atomic E-state index is 0.232. The van der Waals surface area contributed by atoms with Crippen molar-refractivity contribution in [3.63, 3.8) is 0 Å². The molecule has 8 bridgehead atoms. The summed E-state index contributed by atoms with van der Waals surface area (Å²) in [5, 5.41) is 1.99. The van der Waals surface area contributed by atoms with Gasteiger partial charge in [-0.25, -0.2) is 0 Å². The number of hydrogen-bond donors (Lipinski definition) is 0. The molecular formula is C62H74O11Si5. The number of methoxy groups -OCH3 is 2. The van der Waals surface area contributed by atoms with Crippen LogP contribution in [0.5, 0.6) is 57.5 Å². The molecule has 0 N–H and O–H groups in total. The number of benzene rings is 7.